The van der Waals surface area contributed by atoms with E-state index in [0.29, 0.717) is 44.6 Å². The van der Waals surface area contributed by atoms with Crippen LogP contribution in [-0.4, -0.2) is 73.5 Å². The molecule has 8 heteroatoms. The molecule has 0 spiro atoms. The molecule has 198 valence electrons. The molecule has 36 heavy (non-hydrogen) atoms. The van der Waals surface area contributed by atoms with Crippen molar-refractivity contribution in [2.24, 2.45) is 53.3 Å². The van der Waals surface area contributed by atoms with E-state index in [1.165, 1.54) is 19.3 Å². The van der Waals surface area contributed by atoms with Crippen LogP contribution < -0.4 is 0 Å². The van der Waals surface area contributed by atoms with Crippen LogP contribution in [0.2, 0.25) is 0 Å². The van der Waals surface area contributed by atoms with Crippen molar-refractivity contribution in [3.8, 4) is 0 Å². The van der Waals surface area contributed by atoms with Crippen LogP contribution in [0.5, 0.6) is 0 Å². The second-order valence-electron chi connectivity index (χ2n) is 13.1. The minimum absolute atomic E-state index is 0.0601. The second kappa shape index (κ2) is 8.42. The fourth-order valence-corrected chi connectivity index (χ4v) is 9.59. The summed E-state index contributed by atoms with van der Waals surface area (Å²) in [6.07, 6.45) is 5.62. The normalized spacial score (nSPS) is 48.5. The van der Waals surface area contributed by atoms with Gasteiger partial charge in [0.1, 0.15) is 17.8 Å². The summed E-state index contributed by atoms with van der Waals surface area (Å²) in [5.74, 6) is 0.968. The Morgan fingerprint density at radius 3 is 2.39 bits per heavy atom. The number of carbonyl (C=O) groups excluding carboxylic acids is 3. The number of fused-ring (bicyclic) bond motifs is 6. The highest BCUT2D eigenvalue weighted by Gasteiger charge is 2.71. The third kappa shape index (κ3) is 3.42. The lowest BCUT2D eigenvalue weighted by Crippen LogP contribution is -2.48. The maximum atomic E-state index is 13.9. The first kappa shape index (κ1) is 23.4. The van der Waals surface area contributed by atoms with E-state index in [1.807, 2.05) is 4.90 Å². The van der Waals surface area contributed by atoms with Crippen LogP contribution in [0.1, 0.15) is 52.4 Å². The van der Waals surface area contributed by atoms with E-state index in [4.69, 9.17) is 18.9 Å². The molecule has 0 aromatic heterocycles. The monoisotopic (exact) mass is 501 g/mol. The largest absolute Gasteiger partial charge is 0.459 e. The van der Waals surface area contributed by atoms with Gasteiger partial charge in [-0.2, -0.15) is 0 Å². The minimum atomic E-state index is -0.574. The van der Waals surface area contributed by atoms with Crippen LogP contribution in [0.15, 0.2) is 0 Å². The molecule has 2 heterocycles. The van der Waals surface area contributed by atoms with E-state index in [1.54, 1.807) is 0 Å². The summed E-state index contributed by atoms with van der Waals surface area (Å²) in [7, 11) is 0. The number of nitrogens with zero attached hydrogens (tertiary/aromatic N) is 1. The van der Waals surface area contributed by atoms with E-state index in [-0.39, 0.29) is 42.2 Å². The lowest BCUT2D eigenvalue weighted by Gasteiger charge is -2.38. The maximum absolute atomic E-state index is 13.9. The van der Waals surface area contributed by atoms with Gasteiger partial charge < -0.3 is 18.9 Å². The highest BCUT2D eigenvalue weighted by molar-refractivity contribution is 5.86. The van der Waals surface area contributed by atoms with Crippen molar-refractivity contribution in [3.63, 3.8) is 0 Å². The van der Waals surface area contributed by atoms with Gasteiger partial charge in [-0.25, -0.2) is 0 Å². The Morgan fingerprint density at radius 2 is 1.72 bits per heavy atom. The van der Waals surface area contributed by atoms with Gasteiger partial charge in [0.2, 0.25) is 0 Å². The summed E-state index contributed by atoms with van der Waals surface area (Å²) < 4.78 is 23.5. The Labute approximate surface area is 212 Å². The van der Waals surface area contributed by atoms with Gasteiger partial charge in [0.05, 0.1) is 31.6 Å². The molecule has 7 aliphatic rings. The van der Waals surface area contributed by atoms with Crippen molar-refractivity contribution in [3.05, 3.63) is 0 Å². The summed E-state index contributed by atoms with van der Waals surface area (Å²) in [4.78, 5) is 41.6. The van der Waals surface area contributed by atoms with Crippen LogP contribution in [0.4, 0.5) is 0 Å². The predicted molar refractivity (Wildman–Crippen MR) is 126 cm³/mol. The zero-order chi connectivity index (χ0) is 24.8. The molecule has 4 bridgehead atoms. The van der Waals surface area contributed by atoms with E-state index >= 15 is 0 Å². The SMILES string of the molecule is CC(C)C1(OC(=O)C2C3CC4C(OC(=O)C42)C3OC(=O)CN2CCOCC2)CC2C3CCC(C3)C2C1. The summed E-state index contributed by atoms with van der Waals surface area (Å²) in [5, 5.41) is 0. The summed E-state index contributed by atoms with van der Waals surface area (Å²) >= 11 is 0. The van der Waals surface area contributed by atoms with Gasteiger partial charge in [0.15, 0.2) is 0 Å². The van der Waals surface area contributed by atoms with Crippen LogP contribution in [0.3, 0.4) is 0 Å². The summed E-state index contributed by atoms with van der Waals surface area (Å²) in [6.45, 7) is 7.15. The quantitative estimate of drug-likeness (QED) is 0.405. The van der Waals surface area contributed by atoms with Gasteiger partial charge in [0.25, 0.3) is 0 Å². The summed E-state index contributed by atoms with van der Waals surface area (Å²) in [5.41, 5.74) is -0.445. The first-order chi connectivity index (χ1) is 17.3. The number of morpholine rings is 1. The van der Waals surface area contributed by atoms with Crippen LogP contribution in [0, 0.1) is 53.3 Å². The average Bonchev–Trinajstić information content (AvgIpc) is 3.65. The van der Waals surface area contributed by atoms with E-state index < -0.39 is 29.6 Å². The number of carbonyl (C=O) groups is 3. The van der Waals surface area contributed by atoms with Crippen molar-refractivity contribution >= 4 is 17.9 Å². The fraction of sp³-hybridized carbons (Fsp3) is 0.893. The number of rotatable bonds is 6. The molecule has 5 saturated carbocycles. The van der Waals surface area contributed by atoms with Crippen molar-refractivity contribution < 1.29 is 33.3 Å². The first-order valence-electron chi connectivity index (χ1n) is 14.3. The lowest BCUT2D eigenvalue weighted by molar-refractivity contribution is -0.180. The third-order valence-electron chi connectivity index (χ3n) is 11.3. The molecule has 5 aliphatic carbocycles. The van der Waals surface area contributed by atoms with Gasteiger partial charge in [-0.15, -0.1) is 0 Å². The van der Waals surface area contributed by atoms with Gasteiger partial charge >= 0.3 is 17.9 Å². The van der Waals surface area contributed by atoms with Gasteiger partial charge in [-0.05, 0) is 68.1 Å². The molecule has 0 aromatic carbocycles. The van der Waals surface area contributed by atoms with Crippen LogP contribution in [-0.2, 0) is 33.3 Å². The third-order valence-corrected chi connectivity index (χ3v) is 11.3. The topological polar surface area (TPSA) is 91.4 Å². The number of hydrogen-bond donors (Lipinski definition) is 0. The molecule has 8 nitrogen and oxygen atoms in total. The van der Waals surface area contributed by atoms with Crippen molar-refractivity contribution in [1.82, 2.24) is 4.90 Å². The maximum Gasteiger partial charge on any atom is 0.320 e. The second-order valence-corrected chi connectivity index (χ2v) is 13.1. The molecule has 10 atom stereocenters. The Balaban J connectivity index is 1.07. The molecule has 0 amide bonds. The van der Waals surface area contributed by atoms with Crippen LogP contribution in [0.25, 0.3) is 0 Å². The van der Waals surface area contributed by atoms with Crippen LogP contribution >= 0.6 is 0 Å². The molecule has 10 unspecified atom stereocenters. The van der Waals surface area contributed by atoms with Gasteiger partial charge in [0, 0.05) is 24.9 Å². The van der Waals surface area contributed by atoms with Gasteiger partial charge in [-0.1, -0.05) is 13.8 Å². The number of esters is 3. The molecule has 2 saturated heterocycles. The smallest absolute Gasteiger partial charge is 0.320 e. The lowest BCUT2D eigenvalue weighted by atomic mass is 9.78. The highest BCUT2D eigenvalue weighted by Crippen LogP contribution is 2.64. The number of ether oxygens (including phenoxy) is 4. The van der Waals surface area contributed by atoms with Crippen molar-refractivity contribution in [2.75, 3.05) is 32.8 Å². The zero-order valence-electron chi connectivity index (χ0n) is 21.4. The molecule has 2 aliphatic heterocycles. The van der Waals surface area contributed by atoms with Crippen molar-refractivity contribution in [1.29, 1.82) is 0 Å². The first-order valence-corrected chi connectivity index (χ1v) is 14.3. The Hall–Kier alpha value is -1.67. The Morgan fingerprint density at radius 1 is 1.03 bits per heavy atom. The average molecular weight is 502 g/mol. The molecule has 7 fully saturated rings. The highest BCUT2D eigenvalue weighted by atomic mass is 16.6. The predicted octanol–water partition coefficient (Wildman–Crippen LogP) is 2.43. The molecule has 0 aromatic rings. The fourth-order valence-electron chi connectivity index (χ4n) is 9.59. The zero-order valence-corrected chi connectivity index (χ0v) is 21.4. The number of hydrogen-bond acceptors (Lipinski definition) is 8. The van der Waals surface area contributed by atoms with E-state index in [0.717, 1.165) is 24.7 Å². The molecule has 0 radical (unpaired) electrons. The molecule has 0 N–H and O–H groups in total. The van der Waals surface area contributed by atoms with E-state index in [2.05, 4.69) is 13.8 Å². The molecular formula is C28H39NO7. The standard InChI is InChI=1S/C28H39NO7/c1-14(2)28(11-19-15-3-4-16(9-15)20(19)12-28)36-27(32)23-18-10-17-22(23)26(31)35-25(17)24(18)34-21(30)13-29-5-7-33-8-6-29/h14-20,22-25H,3-13H2,1-2H3. The van der Waals surface area contributed by atoms with Crippen molar-refractivity contribution in [2.45, 2.75) is 70.2 Å². The Kier molecular flexibility index (Phi) is 5.48. The molecule has 7 rings (SSSR count). The van der Waals surface area contributed by atoms with E-state index in [9.17, 15) is 14.4 Å². The Bertz CT molecular complexity index is 926. The van der Waals surface area contributed by atoms with Gasteiger partial charge in [-0.3, -0.25) is 19.3 Å². The minimum Gasteiger partial charge on any atom is -0.459 e. The molecular weight excluding hydrogens is 462 g/mol. The summed E-state index contributed by atoms with van der Waals surface area (Å²) in [6, 6.07) is 0.